The summed E-state index contributed by atoms with van der Waals surface area (Å²) < 4.78 is 26.2. The molecule has 2 heterocycles. The Morgan fingerprint density at radius 1 is 0.931 bits per heavy atom. The quantitative estimate of drug-likeness (QED) is 0.520. The van der Waals surface area contributed by atoms with Crippen LogP contribution in [0.15, 0.2) is 63.5 Å². The molecule has 1 atom stereocenters. The lowest BCUT2D eigenvalue weighted by atomic mass is 10.2. The SMILES string of the molecule is O=C(NCc1ccc(Cl)cc1)C(=O)NC[C@@H](c1cccs1)S(=O)(=O)c1cccs1. The van der Waals surface area contributed by atoms with Crippen LogP contribution in [0.1, 0.15) is 15.7 Å². The smallest absolute Gasteiger partial charge is 0.309 e. The Morgan fingerprint density at radius 3 is 2.21 bits per heavy atom. The van der Waals surface area contributed by atoms with Crippen molar-refractivity contribution >= 4 is 55.9 Å². The number of hydrogen-bond acceptors (Lipinski definition) is 6. The van der Waals surface area contributed by atoms with Gasteiger partial charge >= 0.3 is 11.8 Å². The van der Waals surface area contributed by atoms with Crippen LogP contribution in [-0.4, -0.2) is 26.8 Å². The molecule has 0 aliphatic heterocycles. The molecule has 0 unspecified atom stereocenters. The van der Waals surface area contributed by atoms with Gasteiger partial charge in [-0.25, -0.2) is 8.42 Å². The summed E-state index contributed by atoms with van der Waals surface area (Å²) in [4.78, 5) is 24.8. The van der Waals surface area contributed by atoms with Crippen LogP contribution >= 0.6 is 34.3 Å². The van der Waals surface area contributed by atoms with E-state index in [0.29, 0.717) is 9.90 Å². The number of thiophene rings is 2. The summed E-state index contributed by atoms with van der Waals surface area (Å²) in [5.41, 5.74) is 0.785. The summed E-state index contributed by atoms with van der Waals surface area (Å²) in [6.45, 7) is -0.0424. The van der Waals surface area contributed by atoms with E-state index >= 15 is 0 Å². The predicted octanol–water partition coefficient (Wildman–Crippen LogP) is 3.41. The maximum Gasteiger partial charge on any atom is 0.309 e. The van der Waals surface area contributed by atoms with Crippen molar-refractivity contribution < 1.29 is 18.0 Å². The van der Waals surface area contributed by atoms with Crippen molar-refractivity contribution in [2.75, 3.05) is 6.54 Å². The number of nitrogens with one attached hydrogen (secondary N) is 2. The summed E-state index contributed by atoms with van der Waals surface area (Å²) >= 11 is 8.22. The number of benzene rings is 1. The van der Waals surface area contributed by atoms with Crippen LogP contribution in [-0.2, 0) is 26.0 Å². The molecule has 0 aliphatic rings. The monoisotopic (exact) mass is 468 g/mol. The van der Waals surface area contributed by atoms with Crippen LogP contribution in [0.5, 0.6) is 0 Å². The first-order valence-electron chi connectivity index (χ1n) is 8.49. The van der Waals surface area contributed by atoms with Gasteiger partial charge in [-0.15, -0.1) is 22.7 Å². The maximum atomic E-state index is 13.0. The van der Waals surface area contributed by atoms with Gasteiger partial charge in [0.15, 0.2) is 9.84 Å². The van der Waals surface area contributed by atoms with Gasteiger partial charge in [-0.1, -0.05) is 35.9 Å². The minimum Gasteiger partial charge on any atom is -0.346 e. The number of rotatable bonds is 7. The van der Waals surface area contributed by atoms with Crippen molar-refractivity contribution in [3.05, 3.63) is 74.8 Å². The second kappa shape index (κ2) is 9.53. The number of halogens is 1. The van der Waals surface area contributed by atoms with Crippen LogP contribution in [0.4, 0.5) is 0 Å². The molecule has 0 bridgehead atoms. The van der Waals surface area contributed by atoms with Gasteiger partial charge in [0.25, 0.3) is 0 Å². The highest BCUT2D eigenvalue weighted by Gasteiger charge is 2.31. The van der Waals surface area contributed by atoms with Crippen molar-refractivity contribution in [2.45, 2.75) is 16.0 Å². The molecule has 29 heavy (non-hydrogen) atoms. The first-order valence-corrected chi connectivity index (χ1v) is 12.2. The fourth-order valence-corrected chi connectivity index (χ4v) is 6.65. The summed E-state index contributed by atoms with van der Waals surface area (Å²) in [7, 11) is -3.69. The van der Waals surface area contributed by atoms with E-state index in [1.54, 1.807) is 53.2 Å². The van der Waals surface area contributed by atoms with Gasteiger partial charge in [0.2, 0.25) is 0 Å². The number of sulfone groups is 1. The Bertz CT molecular complexity index is 1060. The molecule has 0 aliphatic carbocycles. The van der Waals surface area contributed by atoms with Crippen molar-refractivity contribution in [3.63, 3.8) is 0 Å². The van der Waals surface area contributed by atoms with Gasteiger partial charge in [0.1, 0.15) is 9.46 Å². The molecule has 3 rings (SSSR count). The first kappa shape index (κ1) is 21.5. The van der Waals surface area contributed by atoms with E-state index < -0.39 is 26.9 Å². The minimum atomic E-state index is -3.69. The van der Waals surface area contributed by atoms with Crippen LogP contribution in [0.25, 0.3) is 0 Å². The van der Waals surface area contributed by atoms with Gasteiger partial charge in [-0.3, -0.25) is 9.59 Å². The third kappa shape index (κ3) is 5.45. The van der Waals surface area contributed by atoms with Gasteiger partial charge < -0.3 is 10.6 Å². The van der Waals surface area contributed by atoms with E-state index in [2.05, 4.69) is 10.6 Å². The largest absolute Gasteiger partial charge is 0.346 e. The van der Waals surface area contributed by atoms with Gasteiger partial charge in [-0.05, 0) is 40.6 Å². The fourth-order valence-electron chi connectivity index (χ4n) is 2.53. The lowest BCUT2D eigenvalue weighted by Crippen LogP contribution is -2.41. The fraction of sp³-hybridized carbons (Fsp3) is 0.158. The third-order valence-corrected chi connectivity index (χ3v) is 8.93. The highest BCUT2D eigenvalue weighted by molar-refractivity contribution is 7.93. The van der Waals surface area contributed by atoms with E-state index in [-0.39, 0.29) is 17.3 Å². The van der Waals surface area contributed by atoms with E-state index in [0.717, 1.165) is 16.9 Å². The number of carbonyl (C=O) groups is 2. The van der Waals surface area contributed by atoms with Gasteiger partial charge in [-0.2, -0.15) is 0 Å². The number of amides is 2. The molecular weight excluding hydrogens is 452 g/mol. The van der Waals surface area contributed by atoms with Gasteiger partial charge in [0.05, 0.1) is 0 Å². The molecule has 6 nitrogen and oxygen atoms in total. The molecule has 2 aromatic heterocycles. The molecule has 152 valence electrons. The predicted molar refractivity (Wildman–Crippen MR) is 115 cm³/mol. The Balaban J connectivity index is 1.64. The lowest BCUT2D eigenvalue weighted by Gasteiger charge is -2.16. The van der Waals surface area contributed by atoms with E-state index in [9.17, 15) is 18.0 Å². The van der Waals surface area contributed by atoms with E-state index in [4.69, 9.17) is 11.6 Å². The van der Waals surface area contributed by atoms with Crippen LogP contribution in [0, 0.1) is 0 Å². The van der Waals surface area contributed by atoms with Crippen molar-refractivity contribution in [1.82, 2.24) is 10.6 Å². The molecule has 0 spiro atoms. The number of hydrogen-bond donors (Lipinski definition) is 2. The average molecular weight is 469 g/mol. The first-order chi connectivity index (χ1) is 13.9. The highest BCUT2D eigenvalue weighted by Crippen LogP contribution is 2.33. The van der Waals surface area contributed by atoms with Crippen molar-refractivity contribution in [3.8, 4) is 0 Å². The summed E-state index contributed by atoms with van der Waals surface area (Å²) in [6.07, 6.45) is 0. The standard InChI is InChI=1S/C19H17ClN2O4S3/c20-14-7-5-13(6-8-14)11-21-18(23)19(24)22-12-16(15-3-1-9-27-15)29(25,26)17-4-2-10-28-17/h1-10,16H,11-12H2,(H,21,23)(H,22,24)/t16-/m0/s1. The molecule has 0 radical (unpaired) electrons. The molecule has 0 fully saturated rings. The number of carbonyl (C=O) groups excluding carboxylic acids is 2. The molecule has 2 N–H and O–H groups in total. The average Bonchev–Trinajstić information content (AvgIpc) is 3.41. The molecule has 2 amide bonds. The zero-order valence-corrected chi connectivity index (χ0v) is 18.2. The molecule has 10 heteroatoms. The summed E-state index contributed by atoms with van der Waals surface area (Å²) in [5.74, 6) is -1.72. The molecule has 0 saturated carbocycles. The van der Waals surface area contributed by atoms with Gasteiger partial charge in [0, 0.05) is 23.0 Å². The zero-order chi connectivity index (χ0) is 20.9. The lowest BCUT2D eigenvalue weighted by molar-refractivity contribution is -0.139. The van der Waals surface area contributed by atoms with Crippen molar-refractivity contribution in [2.24, 2.45) is 0 Å². The molecule has 1 aromatic carbocycles. The zero-order valence-electron chi connectivity index (χ0n) is 15.0. The second-order valence-electron chi connectivity index (χ2n) is 6.00. The third-order valence-electron chi connectivity index (χ3n) is 4.03. The Labute approximate surface area is 181 Å². The van der Waals surface area contributed by atoms with Crippen LogP contribution in [0.2, 0.25) is 5.02 Å². The van der Waals surface area contributed by atoms with E-state index in [1.807, 2.05) is 0 Å². The van der Waals surface area contributed by atoms with Crippen LogP contribution < -0.4 is 10.6 Å². The maximum absolute atomic E-state index is 13.0. The Kier molecular flexibility index (Phi) is 7.07. The second-order valence-corrected chi connectivity index (χ2v) is 10.7. The molecule has 0 saturated heterocycles. The molecule has 3 aromatic rings. The van der Waals surface area contributed by atoms with Crippen LogP contribution in [0.3, 0.4) is 0 Å². The van der Waals surface area contributed by atoms with Crippen molar-refractivity contribution in [1.29, 1.82) is 0 Å². The summed E-state index contributed by atoms with van der Waals surface area (Å²) in [5, 5.41) is 8.01. The normalized spacial score (nSPS) is 12.3. The Hall–Kier alpha value is -2.20. The Morgan fingerprint density at radius 2 is 1.59 bits per heavy atom. The highest BCUT2D eigenvalue weighted by atomic mass is 35.5. The minimum absolute atomic E-state index is 0.158. The molecular formula is C19H17ClN2O4S3. The summed E-state index contributed by atoms with van der Waals surface area (Å²) in [6, 6.07) is 13.5. The van der Waals surface area contributed by atoms with E-state index in [1.165, 1.54) is 17.4 Å². The topological polar surface area (TPSA) is 92.3 Å².